The topological polar surface area (TPSA) is 108 Å². The van der Waals surface area contributed by atoms with E-state index in [1.807, 2.05) is 41.5 Å². The normalized spacial score (nSPS) is 25.3. The zero-order valence-corrected chi connectivity index (χ0v) is 29.9. The van der Waals surface area contributed by atoms with Crippen LogP contribution in [0.5, 0.6) is 0 Å². The Hall–Kier alpha value is -3.17. The van der Waals surface area contributed by atoms with Crippen LogP contribution in [-0.4, -0.2) is 76.5 Å². The number of amides is 4. The molecule has 0 spiro atoms. The van der Waals surface area contributed by atoms with E-state index < -0.39 is 29.1 Å². The number of fused-ring (bicyclic) bond motifs is 3. The van der Waals surface area contributed by atoms with E-state index >= 15 is 0 Å². The molecule has 5 aliphatic rings. The lowest BCUT2D eigenvalue weighted by Gasteiger charge is -2.49. The van der Waals surface area contributed by atoms with E-state index in [-0.39, 0.29) is 53.4 Å². The Kier molecular flexibility index (Phi) is 10.8. The molecule has 3 saturated heterocycles. The number of piperidine rings is 3. The molecule has 0 unspecified atom stereocenters. The minimum absolute atomic E-state index is 0.0899. The zero-order valence-electron chi connectivity index (χ0n) is 29.9. The van der Waals surface area contributed by atoms with Gasteiger partial charge in [-0.05, 0) is 116 Å². The Bertz CT molecular complexity index is 1320. The molecule has 2 saturated carbocycles. The molecule has 1 aromatic rings. The SMILES string of the molecule is CC(C)(C)NC(=O)C1(C2CCCCC2)CCN(C(=O)[C@@H](Cc2ccc(F)cc2)NC(=O)[C@H]2C[C@H]3CC[C@@H]2N(C(=O)OC(C)(C)C)C3)CC1. The summed E-state index contributed by atoms with van der Waals surface area (Å²) in [5, 5.41) is 6.36. The molecule has 3 aliphatic heterocycles. The Labute approximate surface area is 286 Å². The van der Waals surface area contributed by atoms with Gasteiger partial charge < -0.3 is 25.2 Å². The maximum atomic E-state index is 14.3. The Morgan fingerprint density at radius 2 is 1.58 bits per heavy atom. The van der Waals surface area contributed by atoms with Gasteiger partial charge in [-0.3, -0.25) is 14.4 Å². The van der Waals surface area contributed by atoms with Gasteiger partial charge in [0.1, 0.15) is 17.5 Å². The molecule has 48 heavy (non-hydrogen) atoms. The number of likely N-dealkylation sites (tertiary alicyclic amines) is 1. The van der Waals surface area contributed by atoms with Crippen LogP contribution in [0.4, 0.5) is 9.18 Å². The molecule has 0 radical (unpaired) electrons. The van der Waals surface area contributed by atoms with Crippen LogP contribution in [0, 0.1) is 29.0 Å². The fourth-order valence-corrected chi connectivity index (χ4v) is 8.63. The standard InChI is InChI=1S/C38H57FN4O5/c1-36(2,3)41-34(46)38(27-10-8-7-9-11-27)18-20-42(21-19-38)33(45)30(23-25-12-15-28(39)16-13-25)40-32(44)29-22-26-14-17-31(29)43(24-26)35(47)48-37(4,5)6/h12-13,15-16,26-27,29-31H,7-11,14,17-24H2,1-6H3,(H,40,44)(H,41,46)/t26-,29+,30-,31+/m1/s1. The molecule has 10 heteroatoms. The molecule has 2 bridgehead atoms. The zero-order chi connectivity index (χ0) is 34.9. The van der Waals surface area contributed by atoms with Crippen molar-refractivity contribution in [1.82, 2.24) is 20.4 Å². The smallest absolute Gasteiger partial charge is 0.410 e. The number of hydrogen-bond donors (Lipinski definition) is 2. The fourth-order valence-electron chi connectivity index (χ4n) is 8.63. The molecule has 0 aromatic heterocycles. The number of rotatable bonds is 7. The molecule has 4 amide bonds. The summed E-state index contributed by atoms with van der Waals surface area (Å²) in [6.45, 7) is 13.0. The van der Waals surface area contributed by atoms with Crippen molar-refractivity contribution >= 4 is 23.8 Å². The highest BCUT2D eigenvalue weighted by atomic mass is 19.1. The summed E-state index contributed by atoms with van der Waals surface area (Å²) in [5.41, 5.74) is -0.775. The number of nitrogens with one attached hydrogen (secondary N) is 2. The van der Waals surface area contributed by atoms with Crippen molar-refractivity contribution in [3.8, 4) is 0 Å². The molecule has 3 heterocycles. The van der Waals surface area contributed by atoms with Crippen LogP contribution >= 0.6 is 0 Å². The van der Waals surface area contributed by atoms with Crippen LogP contribution in [0.1, 0.15) is 111 Å². The molecule has 2 N–H and O–H groups in total. The molecule has 6 rings (SSSR count). The number of nitrogens with zero attached hydrogens (tertiary/aromatic N) is 2. The van der Waals surface area contributed by atoms with Gasteiger partial charge in [0.2, 0.25) is 17.7 Å². The van der Waals surface area contributed by atoms with Gasteiger partial charge >= 0.3 is 6.09 Å². The maximum absolute atomic E-state index is 14.3. The third-order valence-electron chi connectivity index (χ3n) is 11.0. The van der Waals surface area contributed by atoms with E-state index in [0.717, 1.165) is 37.7 Å². The second-order valence-electron chi connectivity index (χ2n) is 16.9. The van der Waals surface area contributed by atoms with Crippen LogP contribution in [0.15, 0.2) is 24.3 Å². The van der Waals surface area contributed by atoms with Crippen molar-refractivity contribution in [3.63, 3.8) is 0 Å². The number of ether oxygens (including phenoxy) is 1. The van der Waals surface area contributed by atoms with Gasteiger partial charge in [0.05, 0.1) is 11.3 Å². The predicted molar refractivity (Wildman–Crippen MR) is 182 cm³/mol. The summed E-state index contributed by atoms with van der Waals surface area (Å²) in [6, 6.07) is 4.88. The van der Waals surface area contributed by atoms with Gasteiger partial charge in [-0.15, -0.1) is 0 Å². The first kappa shape index (κ1) is 36.1. The summed E-state index contributed by atoms with van der Waals surface area (Å²) in [7, 11) is 0. The van der Waals surface area contributed by atoms with Gasteiger partial charge in [0, 0.05) is 37.6 Å². The van der Waals surface area contributed by atoms with Crippen molar-refractivity contribution in [2.45, 2.75) is 135 Å². The highest BCUT2D eigenvalue weighted by Gasteiger charge is 2.50. The average Bonchev–Trinajstić information content (AvgIpc) is 3.04. The third kappa shape index (κ3) is 8.51. The van der Waals surface area contributed by atoms with Crippen molar-refractivity contribution in [3.05, 3.63) is 35.6 Å². The van der Waals surface area contributed by atoms with E-state index in [9.17, 15) is 23.6 Å². The van der Waals surface area contributed by atoms with Crippen LogP contribution in [0.2, 0.25) is 0 Å². The van der Waals surface area contributed by atoms with E-state index in [2.05, 4.69) is 10.6 Å². The highest BCUT2D eigenvalue weighted by molar-refractivity contribution is 5.90. The van der Waals surface area contributed by atoms with Gasteiger partial charge in [0.15, 0.2) is 0 Å². The van der Waals surface area contributed by atoms with Gasteiger partial charge in [-0.1, -0.05) is 31.4 Å². The number of carbonyl (C=O) groups is 4. The molecule has 9 nitrogen and oxygen atoms in total. The van der Waals surface area contributed by atoms with Crippen LogP contribution < -0.4 is 10.6 Å². The monoisotopic (exact) mass is 668 g/mol. The van der Waals surface area contributed by atoms with Crippen LogP contribution in [0.3, 0.4) is 0 Å². The highest BCUT2D eigenvalue weighted by Crippen LogP contribution is 2.47. The summed E-state index contributed by atoms with van der Waals surface area (Å²) in [5.74, 6) is -0.673. The number of hydrogen-bond acceptors (Lipinski definition) is 5. The Balaban J connectivity index is 1.33. The van der Waals surface area contributed by atoms with Crippen LogP contribution in [0.25, 0.3) is 0 Å². The number of benzene rings is 1. The maximum Gasteiger partial charge on any atom is 0.410 e. The lowest BCUT2D eigenvalue weighted by atomic mass is 9.63. The summed E-state index contributed by atoms with van der Waals surface area (Å²) in [6.07, 6.45) is 8.79. The van der Waals surface area contributed by atoms with E-state index in [0.29, 0.717) is 45.3 Å². The van der Waals surface area contributed by atoms with Crippen molar-refractivity contribution < 1.29 is 28.3 Å². The molecule has 4 atom stereocenters. The average molecular weight is 669 g/mol. The Morgan fingerprint density at radius 3 is 2.17 bits per heavy atom. The summed E-state index contributed by atoms with van der Waals surface area (Å²) in [4.78, 5) is 58.9. The number of carbonyl (C=O) groups excluding carboxylic acids is 4. The van der Waals surface area contributed by atoms with Crippen molar-refractivity contribution in [2.24, 2.45) is 23.2 Å². The van der Waals surface area contributed by atoms with E-state index in [1.54, 1.807) is 21.9 Å². The van der Waals surface area contributed by atoms with Crippen LogP contribution in [-0.2, 0) is 25.5 Å². The summed E-state index contributed by atoms with van der Waals surface area (Å²) < 4.78 is 19.5. The fraction of sp³-hybridized carbons (Fsp3) is 0.737. The first-order chi connectivity index (χ1) is 22.5. The first-order valence-corrected chi connectivity index (χ1v) is 18.2. The largest absolute Gasteiger partial charge is 0.444 e. The van der Waals surface area contributed by atoms with Crippen molar-refractivity contribution in [2.75, 3.05) is 19.6 Å². The van der Waals surface area contributed by atoms with Gasteiger partial charge in [0.25, 0.3) is 0 Å². The second kappa shape index (κ2) is 14.4. The van der Waals surface area contributed by atoms with Gasteiger partial charge in [-0.25, -0.2) is 9.18 Å². The molecular weight excluding hydrogens is 611 g/mol. The van der Waals surface area contributed by atoms with Crippen molar-refractivity contribution in [1.29, 1.82) is 0 Å². The van der Waals surface area contributed by atoms with E-state index in [1.165, 1.54) is 18.6 Å². The molecule has 2 aliphatic carbocycles. The quantitative estimate of drug-likeness (QED) is 0.371. The molecular formula is C38H57FN4O5. The predicted octanol–water partition coefficient (Wildman–Crippen LogP) is 5.99. The van der Waals surface area contributed by atoms with Gasteiger partial charge in [-0.2, -0.15) is 0 Å². The number of halogens is 1. The lowest BCUT2D eigenvalue weighted by molar-refractivity contribution is -0.148. The second-order valence-corrected chi connectivity index (χ2v) is 16.9. The first-order valence-electron chi connectivity index (χ1n) is 18.2. The summed E-state index contributed by atoms with van der Waals surface area (Å²) >= 11 is 0. The van der Waals surface area contributed by atoms with E-state index in [4.69, 9.17) is 4.74 Å². The Morgan fingerprint density at radius 1 is 0.938 bits per heavy atom. The minimum Gasteiger partial charge on any atom is -0.444 e. The minimum atomic E-state index is -0.857. The molecule has 5 fully saturated rings. The third-order valence-corrected chi connectivity index (χ3v) is 11.0. The lowest BCUT2D eigenvalue weighted by Crippen LogP contribution is -2.62. The molecule has 1 aromatic carbocycles. The molecule has 266 valence electrons.